The first-order chi connectivity index (χ1) is 10.7. The highest BCUT2D eigenvalue weighted by molar-refractivity contribution is 5.53. The van der Waals surface area contributed by atoms with E-state index in [9.17, 15) is 0 Å². The van der Waals surface area contributed by atoms with Crippen LogP contribution < -0.4 is 4.74 Å². The Balaban J connectivity index is 1.72. The van der Waals surface area contributed by atoms with Crippen molar-refractivity contribution in [1.82, 2.24) is 15.1 Å². The highest BCUT2D eigenvalue weighted by Crippen LogP contribution is 2.28. The molecule has 1 saturated heterocycles. The van der Waals surface area contributed by atoms with E-state index in [1.54, 1.807) is 7.11 Å². The Morgan fingerprint density at radius 1 is 1.18 bits per heavy atom. The van der Waals surface area contributed by atoms with E-state index in [0.29, 0.717) is 11.8 Å². The number of hydrogen-bond acceptors (Lipinski definition) is 5. The normalized spacial score (nSPS) is 18.3. The third-order valence-electron chi connectivity index (χ3n) is 4.50. The topological polar surface area (TPSA) is 51.4 Å². The molecule has 0 amide bonds. The first-order valence-corrected chi connectivity index (χ1v) is 7.89. The fourth-order valence-electron chi connectivity index (χ4n) is 2.83. The second-order valence-electron chi connectivity index (χ2n) is 6.07. The van der Waals surface area contributed by atoms with Crippen LogP contribution in [0.15, 0.2) is 28.7 Å². The first kappa shape index (κ1) is 15.0. The molecule has 0 saturated carbocycles. The maximum atomic E-state index is 5.88. The van der Waals surface area contributed by atoms with Gasteiger partial charge in [-0.05, 0) is 63.0 Å². The Labute approximate surface area is 131 Å². The van der Waals surface area contributed by atoms with Crippen molar-refractivity contribution in [2.45, 2.75) is 32.7 Å². The summed E-state index contributed by atoms with van der Waals surface area (Å²) in [6.07, 6.45) is 2.48. The molecule has 2 heterocycles. The van der Waals surface area contributed by atoms with E-state index in [4.69, 9.17) is 9.15 Å². The van der Waals surface area contributed by atoms with Gasteiger partial charge in [0.05, 0.1) is 13.2 Å². The molecular weight excluding hydrogens is 278 g/mol. The minimum atomic E-state index is 0.173. The summed E-state index contributed by atoms with van der Waals surface area (Å²) in [6, 6.07) is 7.84. The van der Waals surface area contributed by atoms with Gasteiger partial charge in [-0.3, -0.25) is 4.90 Å². The molecule has 0 N–H and O–H groups in total. The lowest BCUT2D eigenvalue weighted by atomic mass is 9.98. The van der Waals surface area contributed by atoms with Crippen LogP contribution in [0.1, 0.15) is 38.6 Å². The van der Waals surface area contributed by atoms with Crippen molar-refractivity contribution < 1.29 is 9.15 Å². The summed E-state index contributed by atoms with van der Waals surface area (Å²) in [5, 5.41) is 8.43. The van der Waals surface area contributed by atoms with E-state index in [1.807, 2.05) is 24.3 Å². The van der Waals surface area contributed by atoms with Crippen LogP contribution in [-0.4, -0.2) is 35.3 Å². The molecule has 0 unspecified atom stereocenters. The van der Waals surface area contributed by atoms with Crippen LogP contribution >= 0.6 is 0 Å². The Morgan fingerprint density at radius 2 is 1.86 bits per heavy atom. The van der Waals surface area contributed by atoms with Gasteiger partial charge in [-0.2, -0.15) is 0 Å². The van der Waals surface area contributed by atoms with E-state index < -0.39 is 0 Å². The van der Waals surface area contributed by atoms with Crippen molar-refractivity contribution in [2.24, 2.45) is 5.92 Å². The third-order valence-corrected chi connectivity index (χ3v) is 4.50. The molecule has 118 valence electrons. The van der Waals surface area contributed by atoms with Crippen LogP contribution in [0.5, 0.6) is 5.75 Å². The van der Waals surface area contributed by atoms with Gasteiger partial charge >= 0.3 is 0 Å². The Hall–Kier alpha value is -1.88. The average molecular weight is 301 g/mol. The molecule has 1 aromatic heterocycles. The molecule has 0 radical (unpaired) electrons. The van der Waals surface area contributed by atoms with Gasteiger partial charge in [0.1, 0.15) is 5.75 Å². The molecule has 1 atom stereocenters. The number of ether oxygens (including phenoxy) is 1. The van der Waals surface area contributed by atoms with Gasteiger partial charge in [-0.15, -0.1) is 10.2 Å². The van der Waals surface area contributed by atoms with Gasteiger partial charge in [0.2, 0.25) is 11.8 Å². The molecule has 5 nitrogen and oxygen atoms in total. The zero-order valence-electron chi connectivity index (χ0n) is 13.5. The summed E-state index contributed by atoms with van der Waals surface area (Å²) < 4.78 is 11.0. The highest BCUT2D eigenvalue weighted by Gasteiger charge is 2.25. The van der Waals surface area contributed by atoms with Crippen molar-refractivity contribution >= 4 is 0 Å². The largest absolute Gasteiger partial charge is 0.497 e. The third kappa shape index (κ3) is 3.14. The molecule has 5 heteroatoms. The molecule has 0 spiro atoms. The molecule has 1 aliphatic rings. The molecule has 0 aliphatic carbocycles. The number of aromatic nitrogens is 2. The van der Waals surface area contributed by atoms with Crippen molar-refractivity contribution in [3.05, 3.63) is 30.2 Å². The summed E-state index contributed by atoms with van der Waals surface area (Å²) in [4.78, 5) is 2.42. The molecule has 1 fully saturated rings. The molecule has 1 aromatic carbocycles. The van der Waals surface area contributed by atoms with E-state index in [2.05, 4.69) is 28.9 Å². The van der Waals surface area contributed by atoms with Gasteiger partial charge in [0.15, 0.2) is 0 Å². The molecule has 1 aliphatic heterocycles. The summed E-state index contributed by atoms with van der Waals surface area (Å²) in [5.41, 5.74) is 0.916. The van der Waals surface area contributed by atoms with E-state index >= 15 is 0 Å². The summed E-state index contributed by atoms with van der Waals surface area (Å²) in [7, 11) is 1.65. The monoisotopic (exact) mass is 301 g/mol. The van der Waals surface area contributed by atoms with E-state index in [-0.39, 0.29) is 6.04 Å². The molecule has 22 heavy (non-hydrogen) atoms. The zero-order valence-corrected chi connectivity index (χ0v) is 13.5. The van der Waals surface area contributed by atoms with Crippen molar-refractivity contribution in [3.8, 4) is 17.2 Å². The standard InChI is InChI=1S/C17H23N3O2/c1-12-8-10-20(11-9-12)13(2)16-18-19-17(22-16)14-4-6-15(21-3)7-5-14/h4-7,12-13H,8-11H2,1-3H3/t13-/m1/s1. The van der Waals surface area contributed by atoms with Crippen LogP contribution in [0.4, 0.5) is 0 Å². The average Bonchev–Trinajstić information content (AvgIpc) is 3.05. The molecular formula is C17H23N3O2. The fourth-order valence-corrected chi connectivity index (χ4v) is 2.83. The Bertz CT molecular complexity index is 601. The number of nitrogens with zero attached hydrogens (tertiary/aromatic N) is 3. The van der Waals surface area contributed by atoms with Gasteiger partial charge in [0, 0.05) is 5.56 Å². The van der Waals surface area contributed by atoms with Gasteiger partial charge < -0.3 is 9.15 Å². The van der Waals surface area contributed by atoms with Crippen LogP contribution in [0.3, 0.4) is 0 Å². The zero-order chi connectivity index (χ0) is 15.5. The maximum absolute atomic E-state index is 5.88. The van der Waals surface area contributed by atoms with Crippen LogP contribution in [0.2, 0.25) is 0 Å². The van der Waals surface area contributed by atoms with Crippen molar-refractivity contribution in [1.29, 1.82) is 0 Å². The fraction of sp³-hybridized carbons (Fsp3) is 0.529. The summed E-state index contributed by atoms with van der Waals surface area (Å²) in [6.45, 7) is 6.66. The number of rotatable bonds is 4. The lowest BCUT2D eigenvalue weighted by molar-refractivity contribution is 0.130. The number of hydrogen-bond donors (Lipinski definition) is 0. The predicted octanol–water partition coefficient (Wildman–Crippen LogP) is 3.54. The lowest BCUT2D eigenvalue weighted by Crippen LogP contribution is -2.35. The summed E-state index contributed by atoms with van der Waals surface area (Å²) in [5.74, 6) is 2.90. The first-order valence-electron chi connectivity index (χ1n) is 7.89. The minimum Gasteiger partial charge on any atom is -0.497 e. The Morgan fingerprint density at radius 3 is 2.50 bits per heavy atom. The van der Waals surface area contributed by atoms with E-state index in [1.165, 1.54) is 12.8 Å². The number of likely N-dealkylation sites (tertiary alicyclic amines) is 1. The SMILES string of the molecule is COc1ccc(-c2nnc([C@@H](C)N3CCC(C)CC3)o2)cc1. The smallest absolute Gasteiger partial charge is 0.247 e. The van der Waals surface area contributed by atoms with Crippen LogP contribution in [-0.2, 0) is 0 Å². The van der Waals surface area contributed by atoms with Crippen molar-refractivity contribution in [2.75, 3.05) is 20.2 Å². The summed E-state index contributed by atoms with van der Waals surface area (Å²) >= 11 is 0. The number of methoxy groups -OCH3 is 1. The lowest BCUT2D eigenvalue weighted by Gasteiger charge is -2.33. The quantitative estimate of drug-likeness (QED) is 0.864. The second-order valence-corrected chi connectivity index (χ2v) is 6.07. The Kier molecular flexibility index (Phi) is 4.43. The number of piperidine rings is 1. The van der Waals surface area contributed by atoms with E-state index in [0.717, 1.165) is 30.3 Å². The minimum absolute atomic E-state index is 0.173. The second kappa shape index (κ2) is 6.48. The highest BCUT2D eigenvalue weighted by atomic mass is 16.5. The van der Waals surface area contributed by atoms with Gasteiger partial charge in [0.25, 0.3) is 0 Å². The molecule has 2 aromatic rings. The van der Waals surface area contributed by atoms with Crippen LogP contribution in [0, 0.1) is 5.92 Å². The predicted molar refractivity (Wildman–Crippen MR) is 84.7 cm³/mol. The maximum Gasteiger partial charge on any atom is 0.247 e. The molecule has 3 rings (SSSR count). The van der Waals surface area contributed by atoms with Gasteiger partial charge in [-0.1, -0.05) is 6.92 Å². The number of benzene rings is 1. The molecule has 0 bridgehead atoms. The van der Waals surface area contributed by atoms with Crippen LogP contribution in [0.25, 0.3) is 11.5 Å². The van der Waals surface area contributed by atoms with Crippen molar-refractivity contribution in [3.63, 3.8) is 0 Å². The van der Waals surface area contributed by atoms with Gasteiger partial charge in [-0.25, -0.2) is 0 Å².